The largest absolute Gasteiger partial charge is 0.0622 e. The van der Waals surface area contributed by atoms with Gasteiger partial charge < -0.3 is 0 Å². The maximum atomic E-state index is 5.83. The fourth-order valence-corrected chi connectivity index (χ4v) is 5.85. The monoisotopic (exact) mass is 328 g/mol. The summed E-state index contributed by atoms with van der Waals surface area (Å²) < 4.78 is 10.5. The fourth-order valence-electron chi connectivity index (χ4n) is 1.11. The molecule has 1 rings (SSSR count). The first-order valence-electron chi connectivity index (χ1n) is 5.98. The van der Waals surface area contributed by atoms with Crippen molar-refractivity contribution in [3.63, 3.8) is 0 Å². The third kappa shape index (κ3) is 11.5. The van der Waals surface area contributed by atoms with E-state index in [1.165, 1.54) is 5.56 Å². The van der Waals surface area contributed by atoms with E-state index in [0.29, 0.717) is 0 Å². The zero-order valence-corrected chi connectivity index (χ0v) is 14.7. The summed E-state index contributed by atoms with van der Waals surface area (Å²) in [4.78, 5) is 0. The van der Waals surface area contributed by atoms with E-state index in [1.54, 1.807) is 0 Å². The molecule has 2 nitrogen and oxygen atoms in total. The Balaban J connectivity index is 0.000000351. The number of rotatable bonds is 4. The van der Waals surface area contributed by atoms with Crippen LogP contribution < -0.4 is 0 Å². The molecular weight excluding hydrogens is 307 g/mol. The predicted molar refractivity (Wildman–Crippen MR) is 75.3 cm³/mol. The summed E-state index contributed by atoms with van der Waals surface area (Å²) in [5.74, 6) is 0. The van der Waals surface area contributed by atoms with Crippen LogP contribution in [0.3, 0.4) is 0 Å². The van der Waals surface area contributed by atoms with Gasteiger partial charge >= 0.3 is 80.4 Å². The smallest absolute Gasteiger partial charge is 0.0398 e. The van der Waals surface area contributed by atoms with Crippen LogP contribution in [-0.2, 0) is 21.9 Å². The molecule has 0 amide bonds. The molecule has 1 aromatic carbocycles. The van der Waals surface area contributed by atoms with Crippen molar-refractivity contribution in [2.24, 2.45) is 0 Å². The van der Waals surface area contributed by atoms with Gasteiger partial charge in [-0.1, -0.05) is 35.9 Å². The second-order valence-corrected chi connectivity index (χ2v) is 11.5. The Kier molecular flexibility index (Phi) is 9.58. The molecule has 0 saturated carbocycles. The van der Waals surface area contributed by atoms with Crippen molar-refractivity contribution in [1.29, 1.82) is 0 Å². The Morgan fingerprint density at radius 1 is 0.889 bits per heavy atom. The molecule has 0 bridgehead atoms. The predicted octanol–water partition coefficient (Wildman–Crippen LogP) is 5.12. The van der Waals surface area contributed by atoms with Gasteiger partial charge in [-0.25, -0.2) is 0 Å². The zero-order chi connectivity index (χ0) is 14.2. The van der Waals surface area contributed by atoms with Gasteiger partial charge in [-0.05, 0) is 6.92 Å². The molecule has 0 aliphatic heterocycles. The second-order valence-electron chi connectivity index (χ2n) is 4.45. The van der Waals surface area contributed by atoms with Gasteiger partial charge in [-0.2, -0.15) is 0 Å². The molecule has 0 aromatic heterocycles. The van der Waals surface area contributed by atoms with Crippen molar-refractivity contribution in [2.75, 3.05) is 0 Å². The minimum atomic E-state index is -3.37. The Hall–Kier alpha value is 0.434. The minimum Gasteiger partial charge on any atom is -0.0622 e. The van der Waals surface area contributed by atoms with Gasteiger partial charge in [0.1, 0.15) is 0 Å². The first-order chi connectivity index (χ1) is 8.23. The van der Waals surface area contributed by atoms with Crippen LogP contribution in [-0.4, -0.2) is 12.2 Å². The SMILES string of the molecule is CC(C)[O][Ti]([Cl])([Cl])[O]C(C)C.Cc1ccccc1. The van der Waals surface area contributed by atoms with Crippen molar-refractivity contribution >= 4 is 18.6 Å². The van der Waals surface area contributed by atoms with Gasteiger partial charge in [0.15, 0.2) is 0 Å². The average molecular weight is 329 g/mol. The van der Waals surface area contributed by atoms with Gasteiger partial charge in [-0.3, -0.25) is 0 Å². The van der Waals surface area contributed by atoms with E-state index in [-0.39, 0.29) is 12.2 Å². The third-order valence-electron chi connectivity index (χ3n) is 1.69. The van der Waals surface area contributed by atoms with Crippen LogP contribution in [0.15, 0.2) is 30.3 Å². The Bertz CT molecular complexity index is 304. The molecule has 0 aliphatic carbocycles. The van der Waals surface area contributed by atoms with Crippen LogP contribution >= 0.6 is 18.6 Å². The summed E-state index contributed by atoms with van der Waals surface area (Å²) in [6.45, 7) is 9.62. The van der Waals surface area contributed by atoms with Crippen molar-refractivity contribution < 1.29 is 21.9 Å². The van der Waals surface area contributed by atoms with Gasteiger partial charge in [0, 0.05) is 0 Å². The topological polar surface area (TPSA) is 18.5 Å². The Morgan fingerprint density at radius 2 is 1.28 bits per heavy atom. The standard InChI is InChI=1S/C7H8.2C3H7O.2ClH.Ti/c1-7-5-3-2-4-6-7;2*1-3(2)4;;;/h2-6H,1H3;2*3H,1-2H3;2*1H;/q;2*-1;;;+4/p-2. The summed E-state index contributed by atoms with van der Waals surface area (Å²) in [5, 5.41) is 0. The molecule has 0 unspecified atom stereocenters. The Morgan fingerprint density at radius 3 is 1.50 bits per heavy atom. The maximum Gasteiger partial charge on any atom is -0.0398 e. The van der Waals surface area contributed by atoms with Crippen molar-refractivity contribution in [2.45, 2.75) is 46.8 Å². The van der Waals surface area contributed by atoms with E-state index in [2.05, 4.69) is 19.1 Å². The number of benzene rings is 1. The maximum absolute atomic E-state index is 5.83. The van der Waals surface area contributed by atoms with E-state index in [9.17, 15) is 0 Å². The van der Waals surface area contributed by atoms with Gasteiger partial charge in [0.25, 0.3) is 0 Å². The third-order valence-corrected chi connectivity index (χ3v) is 5.48. The first-order valence-corrected chi connectivity index (χ1v) is 11.5. The molecule has 0 N–H and O–H groups in total. The molecule has 5 heteroatoms. The van der Waals surface area contributed by atoms with Crippen LogP contribution in [0.25, 0.3) is 0 Å². The molecule has 104 valence electrons. The molecule has 0 heterocycles. The normalized spacial score (nSPS) is 11.4. The molecule has 0 saturated heterocycles. The molecule has 0 spiro atoms. The van der Waals surface area contributed by atoms with Crippen molar-refractivity contribution in [1.82, 2.24) is 0 Å². The zero-order valence-electron chi connectivity index (χ0n) is 11.6. The fraction of sp³-hybridized carbons (Fsp3) is 0.538. The number of aryl methyl sites for hydroxylation is 1. The molecule has 0 fully saturated rings. The van der Waals surface area contributed by atoms with Crippen LogP contribution in [0.2, 0.25) is 0 Å². The Labute approximate surface area is 123 Å². The van der Waals surface area contributed by atoms with E-state index >= 15 is 0 Å². The first kappa shape index (κ1) is 18.4. The quantitative estimate of drug-likeness (QED) is 0.714. The van der Waals surface area contributed by atoms with E-state index < -0.39 is 15.2 Å². The average Bonchev–Trinajstić information content (AvgIpc) is 2.14. The summed E-state index contributed by atoms with van der Waals surface area (Å²) in [5.41, 5.74) is 1.32. The molecule has 1 aromatic rings. The van der Waals surface area contributed by atoms with Gasteiger partial charge in [0.05, 0.1) is 0 Å². The van der Waals surface area contributed by atoms with Gasteiger partial charge in [0.2, 0.25) is 0 Å². The molecule has 0 aliphatic rings. The molecular formula is C13H22Cl2O2Ti. The second kappa shape index (κ2) is 9.36. The summed E-state index contributed by atoms with van der Waals surface area (Å²) in [6.07, 6.45) is 0.0625. The van der Waals surface area contributed by atoms with Crippen LogP contribution in [0, 0.1) is 6.92 Å². The minimum absolute atomic E-state index is 0.0312. The molecule has 0 atom stereocenters. The van der Waals surface area contributed by atoms with Crippen molar-refractivity contribution in [3.05, 3.63) is 35.9 Å². The number of hydrogen-bond acceptors (Lipinski definition) is 2. The van der Waals surface area contributed by atoms with E-state index in [4.69, 9.17) is 25.2 Å². The van der Waals surface area contributed by atoms with Crippen LogP contribution in [0.5, 0.6) is 0 Å². The summed E-state index contributed by atoms with van der Waals surface area (Å²) in [7, 11) is 11.7. The van der Waals surface area contributed by atoms with E-state index in [1.807, 2.05) is 45.9 Å². The van der Waals surface area contributed by atoms with Crippen molar-refractivity contribution in [3.8, 4) is 0 Å². The molecule has 18 heavy (non-hydrogen) atoms. The van der Waals surface area contributed by atoms with Gasteiger partial charge in [-0.15, -0.1) is 0 Å². The summed E-state index contributed by atoms with van der Waals surface area (Å²) >= 11 is -3.37. The number of halogens is 2. The number of hydrogen-bond donors (Lipinski definition) is 0. The van der Waals surface area contributed by atoms with Crippen LogP contribution in [0.4, 0.5) is 0 Å². The van der Waals surface area contributed by atoms with Crippen LogP contribution in [0.1, 0.15) is 33.3 Å². The summed E-state index contributed by atoms with van der Waals surface area (Å²) in [6, 6.07) is 10.3. The molecule has 0 radical (unpaired) electrons. The van der Waals surface area contributed by atoms with E-state index in [0.717, 1.165) is 0 Å².